The summed E-state index contributed by atoms with van der Waals surface area (Å²) in [5, 5.41) is 9.52. The monoisotopic (exact) mass is 650 g/mol. The van der Waals surface area contributed by atoms with Crippen LogP contribution < -0.4 is 0 Å². The van der Waals surface area contributed by atoms with Crippen LogP contribution in [0.3, 0.4) is 0 Å². The quantitative estimate of drug-likeness (QED) is 0.0459. The Hall–Kier alpha value is -3.18. The fourth-order valence-corrected chi connectivity index (χ4v) is 4.36. The van der Waals surface area contributed by atoms with Crippen molar-refractivity contribution in [2.24, 2.45) is 0 Å². The first kappa shape index (κ1) is 43.8. The maximum absolute atomic E-state index is 12.1. The Kier molecular flexibility index (Phi) is 34.8. The largest absolute Gasteiger partial charge is 0.462 e. The molecular weight excluding hydrogens is 584 g/mol. The molecule has 0 aromatic rings. The van der Waals surface area contributed by atoms with Crippen molar-refractivity contribution in [3.05, 3.63) is 97.2 Å². The third-order valence-corrected chi connectivity index (χ3v) is 7.13. The number of rotatable bonds is 31. The first-order valence-electron chi connectivity index (χ1n) is 18.3. The molecule has 0 rings (SSSR count). The van der Waals surface area contributed by atoms with Crippen LogP contribution in [0.15, 0.2) is 97.2 Å². The second kappa shape index (κ2) is 37.3. The zero-order chi connectivity index (χ0) is 34.3. The summed E-state index contributed by atoms with van der Waals surface area (Å²) in [6.07, 6.45) is 51.8. The minimum Gasteiger partial charge on any atom is -0.462 e. The van der Waals surface area contributed by atoms with E-state index in [1.165, 1.54) is 25.7 Å². The van der Waals surface area contributed by atoms with Crippen molar-refractivity contribution < 1.29 is 24.2 Å². The number of hydrogen-bond acceptors (Lipinski definition) is 5. The van der Waals surface area contributed by atoms with E-state index >= 15 is 0 Å². The number of carbonyl (C=O) groups excluding carboxylic acids is 2. The molecule has 0 aliphatic rings. The highest BCUT2D eigenvalue weighted by molar-refractivity contribution is 5.70. The van der Waals surface area contributed by atoms with Crippen molar-refractivity contribution in [2.45, 2.75) is 142 Å². The van der Waals surface area contributed by atoms with Gasteiger partial charge in [0.2, 0.25) is 0 Å². The van der Waals surface area contributed by atoms with Gasteiger partial charge in [0, 0.05) is 12.8 Å². The van der Waals surface area contributed by atoms with E-state index in [0.717, 1.165) is 77.0 Å². The molecule has 0 aromatic carbocycles. The first-order chi connectivity index (χ1) is 23.1. The Bertz CT molecular complexity index is 964. The molecule has 264 valence electrons. The van der Waals surface area contributed by atoms with Crippen LogP contribution in [0.1, 0.15) is 136 Å². The molecule has 0 aliphatic carbocycles. The standard InChI is InChI=1S/C42H66O5/c1-3-5-7-9-11-13-15-17-19-20-21-22-23-25-26-28-30-32-34-36-41(44)46-39-40(38-43)47-42(45)37-35-33-31-29-27-24-18-16-14-12-10-8-6-4-2/h5,7,10-13,16-19,21-22,25-26,30,32,40,43H,3-4,6,8-9,14-15,20,23-24,27-29,31,33-39H2,1-2H3/b7-5+,12-10+,13-11+,18-16+,19-17+,22-21+,26-25+,32-30+/t40-/m0/s1. The average molecular weight is 651 g/mol. The Balaban J connectivity index is 3.78. The molecule has 1 atom stereocenters. The molecule has 0 spiro atoms. The third-order valence-electron chi connectivity index (χ3n) is 7.13. The normalized spacial score (nSPS) is 13.3. The van der Waals surface area contributed by atoms with Gasteiger partial charge in [0.1, 0.15) is 6.61 Å². The number of unbranched alkanes of at least 4 members (excludes halogenated alkanes) is 7. The molecule has 0 amide bonds. The van der Waals surface area contributed by atoms with Crippen molar-refractivity contribution in [1.29, 1.82) is 0 Å². The van der Waals surface area contributed by atoms with E-state index in [1.807, 2.05) is 12.2 Å². The lowest BCUT2D eigenvalue weighted by molar-refractivity contribution is -0.161. The summed E-state index contributed by atoms with van der Waals surface area (Å²) < 4.78 is 10.5. The van der Waals surface area contributed by atoms with Crippen LogP contribution in [0.5, 0.6) is 0 Å². The van der Waals surface area contributed by atoms with Crippen molar-refractivity contribution in [3.8, 4) is 0 Å². The van der Waals surface area contributed by atoms with Gasteiger partial charge in [-0.25, -0.2) is 0 Å². The van der Waals surface area contributed by atoms with Gasteiger partial charge in [0.15, 0.2) is 6.10 Å². The summed E-state index contributed by atoms with van der Waals surface area (Å²) in [6, 6.07) is 0. The second-order valence-electron chi connectivity index (χ2n) is 11.6. The molecular formula is C42H66O5. The fraction of sp³-hybridized carbons (Fsp3) is 0.571. The molecule has 5 heteroatoms. The number of allylic oxidation sites excluding steroid dienone is 16. The summed E-state index contributed by atoms with van der Waals surface area (Å²) in [7, 11) is 0. The summed E-state index contributed by atoms with van der Waals surface area (Å²) >= 11 is 0. The van der Waals surface area contributed by atoms with Gasteiger partial charge in [-0.3, -0.25) is 9.59 Å². The highest BCUT2D eigenvalue weighted by Crippen LogP contribution is 2.10. The molecule has 0 unspecified atom stereocenters. The van der Waals surface area contributed by atoms with Crippen molar-refractivity contribution in [1.82, 2.24) is 0 Å². The van der Waals surface area contributed by atoms with Crippen LogP contribution in [0, 0.1) is 0 Å². The molecule has 0 saturated carbocycles. The lowest BCUT2D eigenvalue weighted by atomic mass is 10.1. The molecule has 0 bridgehead atoms. The van der Waals surface area contributed by atoms with Crippen LogP contribution in [0.4, 0.5) is 0 Å². The summed E-state index contributed by atoms with van der Waals surface area (Å²) in [6.45, 7) is 3.87. The van der Waals surface area contributed by atoms with E-state index < -0.39 is 6.10 Å². The van der Waals surface area contributed by atoms with Gasteiger partial charge in [-0.15, -0.1) is 0 Å². The summed E-state index contributed by atoms with van der Waals surface area (Å²) in [5.74, 6) is -0.717. The molecule has 0 radical (unpaired) electrons. The molecule has 0 aliphatic heterocycles. The van der Waals surface area contributed by atoms with E-state index in [2.05, 4.69) is 98.9 Å². The number of hydrogen-bond donors (Lipinski definition) is 1. The number of ether oxygens (including phenoxy) is 2. The number of aliphatic hydroxyl groups is 1. The lowest BCUT2D eigenvalue weighted by Crippen LogP contribution is -2.28. The van der Waals surface area contributed by atoms with Crippen LogP contribution in [0.2, 0.25) is 0 Å². The van der Waals surface area contributed by atoms with Crippen molar-refractivity contribution in [2.75, 3.05) is 13.2 Å². The molecule has 0 aromatic heterocycles. The SMILES string of the molecule is CC/C=C/C/C=C/C/C=C/C/C=C/C/C=C/C/C=C/CCC(=O)OC[C@H](CO)OC(=O)CCCCCCC/C=C/C/C=C/CCCC. The molecule has 5 nitrogen and oxygen atoms in total. The number of carbonyl (C=O) groups is 2. The Morgan fingerprint density at radius 2 is 0.957 bits per heavy atom. The maximum atomic E-state index is 12.1. The maximum Gasteiger partial charge on any atom is 0.306 e. The summed E-state index contributed by atoms with van der Waals surface area (Å²) in [5.41, 5.74) is 0. The first-order valence-corrected chi connectivity index (χ1v) is 18.3. The van der Waals surface area contributed by atoms with Gasteiger partial charge < -0.3 is 14.6 Å². The molecule has 47 heavy (non-hydrogen) atoms. The van der Waals surface area contributed by atoms with Gasteiger partial charge in [0.05, 0.1) is 6.61 Å². The van der Waals surface area contributed by atoms with E-state index in [9.17, 15) is 14.7 Å². The fourth-order valence-electron chi connectivity index (χ4n) is 4.36. The molecule has 0 saturated heterocycles. The van der Waals surface area contributed by atoms with E-state index in [0.29, 0.717) is 12.8 Å². The van der Waals surface area contributed by atoms with Crippen LogP contribution in [0.25, 0.3) is 0 Å². The van der Waals surface area contributed by atoms with E-state index in [4.69, 9.17) is 9.47 Å². The predicted molar refractivity (Wildman–Crippen MR) is 200 cm³/mol. The smallest absolute Gasteiger partial charge is 0.306 e. The van der Waals surface area contributed by atoms with Gasteiger partial charge in [-0.05, 0) is 77.0 Å². The van der Waals surface area contributed by atoms with Crippen molar-refractivity contribution in [3.63, 3.8) is 0 Å². The van der Waals surface area contributed by atoms with E-state index in [1.54, 1.807) is 0 Å². The van der Waals surface area contributed by atoms with Crippen LogP contribution in [-0.2, 0) is 19.1 Å². The topological polar surface area (TPSA) is 72.8 Å². The average Bonchev–Trinajstić information content (AvgIpc) is 3.07. The Morgan fingerprint density at radius 3 is 1.47 bits per heavy atom. The van der Waals surface area contributed by atoms with Crippen molar-refractivity contribution >= 4 is 11.9 Å². The zero-order valence-corrected chi connectivity index (χ0v) is 29.7. The van der Waals surface area contributed by atoms with Crippen LogP contribution >= 0.6 is 0 Å². The summed E-state index contributed by atoms with van der Waals surface area (Å²) in [4.78, 5) is 24.2. The van der Waals surface area contributed by atoms with Gasteiger partial charge in [-0.2, -0.15) is 0 Å². The van der Waals surface area contributed by atoms with Gasteiger partial charge >= 0.3 is 11.9 Å². The highest BCUT2D eigenvalue weighted by atomic mass is 16.6. The predicted octanol–water partition coefficient (Wildman–Crippen LogP) is 11.3. The third kappa shape index (κ3) is 35.5. The van der Waals surface area contributed by atoms with E-state index in [-0.39, 0.29) is 31.6 Å². The van der Waals surface area contributed by atoms with Gasteiger partial charge in [-0.1, -0.05) is 143 Å². The number of aliphatic hydroxyl groups excluding tert-OH is 1. The minimum absolute atomic E-state index is 0.118. The van der Waals surface area contributed by atoms with Gasteiger partial charge in [0.25, 0.3) is 0 Å². The zero-order valence-electron chi connectivity index (χ0n) is 29.7. The Morgan fingerprint density at radius 1 is 0.511 bits per heavy atom. The molecule has 0 fully saturated rings. The molecule has 1 N–H and O–H groups in total. The van der Waals surface area contributed by atoms with Crippen LogP contribution in [-0.4, -0.2) is 36.4 Å². The number of esters is 2. The molecule has 0 heterocycles. The second-order valence-corrected chi connectivity index (χ2v) is 11.6. The minimum atomic E-state index is -0.814. The lowest BCUT2D eigenvalue weighted by Gasteiger charge is -2.15. The Labute approximate surface area is 288 Å². The highest BCUT2D eigenvalue weighted by Gasteiger charge is 2.15.